The Kier molecular flexibility index (Phi) is 5.99. The van der Waals surface area contributed by atoms with Gasteiger partial charge in [-0.15, -0.1) is 0 Å². The Labute approximate surface area is 198 Å². The number of rotatable bonds is 4. The number of carbonyl (C=O) groups excluding carboxylic acids is 2. The van der Waals surface area contributed by atoms with Gasteiger partial charge in [0.05, 0.1) is 5.69 Å². The topological polar surface area (TPSA) is 67.2 Å². The minimum atomic E-state index is -0.502. The number of aryl methyl sites for hydroxylation is 2. The van der Waals surface area contributed by atoms with E-state index < -0.39 is 11.8 Å². The van der Waals surface area contributed by atoms with Gasteiger partial charge in [0, 0.05) is 17.6 Å². The maximum atomic E-state index is 13.4. The van der Waals surface area contributed by atoms with Crippen LogP contribution < -0.4 is 10.2 Å². The molecule has 7 heteroatoms. The molecule has 0 saturated carbocycles. The van der Waals surface area contributed by atoms with Crippen LogP contribution in [0.25, 0.3) is 11.9 Å². The molecule has 2 amide bonds. The molecule has 1 N–H and O–H groups in total. The van der Waals surface area contributed by atoms with E-state index in [9.17, 15) is 9.59 Å². The van der Waals surface area contributed by atoms with Gasteiger partial charge in [0.2, 0.25) is 0 Å². The first kappa shape index (κ1) is 22.6. The second-order valence-electron chi connectivity index (χ2n) is 8.56. The normalized spacial score (nSPS) is 15.5. The summed E-state index contributed by atoms with van der Waals surface area (Å²) in [6.07, 6.45) is 3.44. The van der Waals surface area contributed by atoms with Crippen molar-refractivity contribution in [3.05, 3.63) is 82.3 Å². The SMILES string of the molecule is Cc1ccc(-n2c(C)cc(/C=C3\C(=O)NC(=S)N(c4ccc(C(C)C)cc4)C3=O)c2C)nc1. The molecular formula is C26H26N4O2S. The minimum absolute atomic E-state index is 0.0358. The predicted octanol–water partition coefficient (Wildman–Crippen LogP) is 4.75. The van der Waals surface area contributed by atoms with Crippen molar-refractivity contribution in [2.75, 3.05) is 4.90 Å². The first-order valence-electron chi connectivity index (χ1n) is 10.8. The summed E-state index contributed by atoms with van der Waals surface area (Å²) in [6.45, 7) is 10.1. The summed E-state index contributed by atoms with van der Waals surface area (Å²) in [6, 6.07) is 13.5. The van der Waals surface area contributed by atoms with Crippen LogP contribution in [0.5, 0.6) is 0 Å². The van der Waals surface area contributed by atoms with Crippen LogP contribution in [0.15, 0.2) is 54.2 Å². The molecule has 0 spiro atoms. The number of anilines is 1. The lowest BCUT2D eigenvalue weighted by Crippen LogP contribution is -2.54. The van der Waals surface area contributed by atoms with Gasteiger partial charge in [0.1, 0.15) is 11.4 Å². The molecule has 3 heterocycles. The van der Waals surface area contributed by atoms with E-state index in [0.717, 1.165) is 33.9 Å². The first-order valence-corrected chi connectivity index (χ1v) is 11.2. The number of nitrogens with one attached hydrogen (secondary N) is 1. The molecule has 2 aromatic heterocycles. The van der Waals surface area contributed by atoms with E-state index >= 15 is 0 Å². The Hall–Kier alpha value is -3.58. The number of carbonyl (C=O) groups is 2. The maximum Gasteiger partial charge on any atom is 0.270 e. The molecule has 0 unspecified atom stereocenters. The molecule has 1 aliphatic heterocycles. The summed E-state index contributed by atoms with van der Waals surface area (Å²) in [7, 11) is 0. The third-order valence-electron chi connectivity index (χ3n) is 5.81. The zero-order chi connectivity index (χ0) is 23.9. The van der Waals surface area contributed by atoms with Crippen molar-refractivity contribution in [3.63, 3.8) is 0 Å². The predicted molar refractivity (Wildman–Crippen MR) is 135 cm³/mol. The average molecular weight is 459 g/mol. The van der Waals surface area contributed by atoms with E-state index in [4.69, 9.17) is 12.2 Å². The summed E-state index contributed by atoms with van der Waals surface area (Å²) in [4.78, 5) is 32.0. The van der Waals surface area contributed by atoms with Gasteiger partial charge < -0.3 is 4.57 Å². The van der Waals surface area contributed by atoms with E-state index in [-0.39, 0.29) is 10.7 Å². The number of thiocarbonyl (C=S) groups is 1. The molecule has 1 aromatic carbocycles. The Morgan fingerprint density at radius 2 is 1.73 bits per heavy atom. The largest absolute Gasteiger partial charge is 0.303 e. The zero-order valence-corrected chi connectivity index (χ0v) is 20.2. The lowest BCUT2D eigenvalue weighted by Gasteiger charge is -2.29. The Morgan fingerprint density at radius 1 is 1.03 bits per heavy atom. The number of hydrogen-bond acceptors (Lipinski definition) is 4. The summed E-state index contributed by atoms with van der Waals surface area (Å²) in [5, 5.41) is 2.73. The van der Waals surface area contributed by atoms with E-state index in [2.05, 4.69) is 24.1 Å². The van der Waals surface area contributed by atoms with Crippen LogP contribution in [0.3, 0.4) is 0 Å². The highest BCUT2D eigenvalue weighted by Crippen LogP contribution is 2.27. The van der Waals surface area contributed by atoms with Gasteiger partial charge in [0.25, 0.3) is 11.8 Å². The standard InChI is InChI=1S/C26H26N4O2S/c1-15(2)19-7-9-21(10-8-19)30-25(32)22(24(31)28-26(30)33)13-20-12-17(4)29(18(20)5)23-11-6-16(3)14-27-23/h6-15H,1-5H3,(H,28,31,33)/b22-13+. The molecule has 6 nitrogen and oxygen atoms in total. The number of benzene rings is 1. The van der Waals surface area contributed by atoms with E-state index in [1.165, 1.54) is 4.90 Å². The third kappa shape index (κ3) is 4.24. The molecule has 0 aliphatic carbocycles. The average Bonchev–Trinajstić information content (AvgIpc) is 3.05. The fourth-order valence-corrected chi connectivity index (χ4v) is 4.22. The molecule has 0 radical (unpaired) electrons. The van der Waals surface area contributed by atoms with Gasteiger partial charge >= 0.3 is 0 Å². The highest BCUT2D eigenvalue weighted by atomic mass is 32.1. The van der Waals surface area contributed by atoms with Crippen LogP contribution >= 0.6 is 12.2 Å². The number of hydrogen-bond donors (Lipinski definition) is 1. The van der Waals surface area contributed by atoms with E-state index in [1.54, 1.807) is 6.08 Å². The molecule has 1 fully saturated rings. The third-order valence-corrected chi connectivity index (χ3v) is 6.10. The molecule has 1 aliphatic rings. The molecule has 0 atom stereocenters. The van der Waals surface area contributed by atoms with Crippen LogP contribution in [0.2, 0.25) is 0 Å². The van der Waals surface area contributed by atoms with Crippen molar-refractivity contribution in [2.24, 2.45) is 0 Å². The lowest BCUT2D eigenvalue weighted by molar-refractivity contribution is -0.122. The lowest BCUT2D eigenvalue weighted by atomic mass is 10.0. The Balaban J connectivity index is 1.72. The van der Waals surface area contributed by atoms with Gasteiger partial charge in [-0.2, -0.15) is 0 Å². The maximum absolute atomic E-state index is 13.4. The number of pyridine rings is 1. The van der Waals surface area contributed by atoms with Crippen molar-refractivity contribution >= 4 is 40.9 Å². The number of nitrogens with zero attached hydrogens (tertiary/aromatic N) is 3. The molecule has 4 rings (SSSR count). The highest BCUT2D eigenvalue weighted by Gasteiger charge is 2.34. The van der Waals surface area contributed by atoms with Crippen molar-refractivity contribution < 1.29 is 9.59 Å². The van der Waals surface area contributed by atoms with E-state index in [0.29, 0.717) is 11.6 Å². The number of amides is 2. The summed E-state index contributed by atoms with van der Waals surface area (Å²) in [5.41, 5.74) is 5.50. The smallest absolute Gasteiger partial charge is 0.270 e. The van der Waals surface area contributed by atoms with Gasteiger partial charge in [-0.3, -0.25) is 19.8 Å². The zero-order valence-electron chi connectivity index (χ0n) is 19.3. The van der Waals surface area contributed by atoms with Crippen LogP contribution in [0, 0.1) is 20.8 Å². The van der Waals surface area contributed by atoms with Crippen LogP contribution in [0.1, 0.15) is 47.8 Å². The van der Waals surface area contributed by atoms with Gasteiger partial charge in [0.15, 0.2) is 5.11 Å². The summed E-state index contributed by atoms with van der Waals surface area (Å²) in [5.74, 6) is 0.210. The highest BCUT2D eigenvalue weighted by molar-refractivity contribution is 7.80. The van der Waals surface area contributed by atoms with Crippen LogP contribution in [-0.2, 0) is 9.59 Å². The van der Waals surface area contributed by atoms with Crippen molar-refractivity contribution in [2.45, 2.75) is 40.5 Å². The Bertz CT molecular complexity index is 1290. The van der Waals surface area contributed by atoms with Crippen molar-refractivity contribution in [3.8, 4) is 5.82 Å². The van der Waals surface area contributed by atoms with Crippen molar-refractivity contribution in [1.82, 2.24) is 14.9 Å². The molecule has 0 bridgehead atoms. The molecule has 3 aromatic rings. The van der Waals surface area contributed by atoms with E-state index in [1.807, 2.05) is 74.0 Å². The fourth-order valence-electron chi connectivity index (χ4n) is 3.93. The second kappa shape index (κ2) is 8.75. The molecule has 33 heavy (non-hydrogen) atoms. The summed E-state index contributed by atoms with van der Waals surface area (Å²) < 4.78 is 2.00. The molecule has 168 valence electrons. The number of aromatic nitrogens is 2. The summed E-state index contributed by atoms with van der Waals surface area (Å²) >= 11 is 5.32. The second-order valence-corrected chi connectivity index (χ2v) is 8.95. The van der Waals surface area contributed by atoms with Gasteiger partial charge in [-0.25, -0.2) is 4.98 Å². The molecular weight excluding hydrogens is 432 g/mol. The van der Waals surface area contributed by atoms with Gasteiger partial charge in [-0.05, 0) is 85.9 Å². The fraction of sp³-hybridized carbons (Fsp3) is 0.231. The Morgan fingerprint density at radius 3 is 2.33 bits per heavy atom. The molecule has 1 saturated heterocycles. The quantitative estimate of drug-likeness (QED) is 0.348. The van der Waals surface area contributed by atoms with Crippen LogP contribution in [0.4, 0.5) is 5.69 Å². The van der Waals surface area contributed by atoms with Crippen molar-refractivity contribution in [1.29, 1.82) is 0 Å². The van der Waals surface area contributed by atoms with Crippen LogP contribution in [-0.4, -0.2) is 26.5 Å². The first-order chi connectivity index (χ1) is 15.7. The monoisotopic (exact) mass is 458 g/mol. The minimum Gasteiger partial charge on any atom is -0.303 e. The van der Waals surface area contributed by atoms with Gasteiger partial charge in [-0.1, -0.05) is 32.0 Å².